The van der Waals surface area contributed by atoms with Gasteiger partial charge in [-0.05, 0) is 31.6 Å². The van der Waals surface area contributed by atoms with Crippen LogP contribution in [0.3, 0.4) is 0 Å². The second kappa shape index (κ2) is 7.85. The van der Waals surface area contributed by atoms with E-state index in [9.17, 15) is 0 Å². The molecule has 1 aromatic rings. The molecule has 0 aliphatic carbocycles. The normalized spacial score (nSPS) is 18.6. The summed E-state index contributed by atoms with van der Waals surface area (Å²) >= 11 is 6.14. The molecule has 19 heavy (non-hydrogen) atoms. The summed E-state index contributed by atoms with van der Waals surface area (Å²) in [7, 11) is 0. The first-order chi connectivity index (χ1) is 9.29. The van der Waals surface area contributed by atoms with Crippen LogP contribution < -0.4 is 0 Å². The summed E-state index contributed by atoms with van der Waals surface area (Å²) in [5.41, 5.74) is 0.897. The number of rotatable bonds is 7. The van der Waals surface area contributed by atoms with Crippen molar-refractivity contribution < 1.29 is 4.74 Å². The van der Waals surface area contributed by atoms with Crippen LogP contribution in [0.4, 0.5) is 0 Å². The van der Waals surface area contributed by atoms with E-state index in [0.29, 0.717) is 0 Å². The SMILES string of the molecule is CCC(Cl)c1cn(CCCCC2CCOCC2)nn1. The van der Waals surface area contributed by atoms with Gasteiger partial charge in [0.15, 0.2) is 0 Å². The largest absolute Gasteiger partial charge is 0.381 e. The lowest BCUT2D eigenvalue weighted by Crippen LogP contribution is -2.15. The molecular formula is C14H24ClN3O. The molecule has 4 nitrogen and oxygen atoms in total. The van der Waals surface area contributed by atoms with Gasteiger partial charge in [0.2, 0.25) is 0 Å². The number of hydrogen-bond acceptors (Lipinski definition) is 3. The van der Waals surface area contributed by atoms with Crippen LogP contribution in [0.1, 0.15) is 56.5 Å². The summed E-state index contributed by atoms with van der Waals surface area (Å²) in [5.74, 6) is 0.868. The van der Waals surface area contributed by atoms with Crippen LogP contribution in [0, 0.1) is 5.92 Å². The molecule has 108 valence electrons. The molecule has 1 aliphatic rings. The van der Waals surface area contributed by atoms with Crippen LogP contribution in [0.15, 0.2) is 6.20 Å². The lowest BCUT2D eigenvalue weighted by atomic mass is 9.94. The average molecular weight is 286 g/mol. The van der Waals surface area contributed by atoms with Gasteiger partial charge >= 0.3 is 0 Å². The molecule has 0 N–H and O–H groups in total. The van der Waals surface area contributed by atoms with Gasteiger partial charge in [-0.25, -0.2) is 0 Å². The summed E-state index contributed by atoms with van der Waals surface area (Å²) in [6, 6.07) is 0. The van der Waals surface area contributed by atoms with Gasteiger partial charge in [0.1, 0.15) is 5.69 Å². The van der Waals surface area contributed by atoms with Crippen molar-refractivity contribution in [3.05, 3.63) is 11.9 Å². The van der Waals surface area contributed by atoms with Gasteiger partial charge in [-0.1, -0.05) is 25.0 Å². The molecule has 0 amide bonds. The quantitative estimate of drug-likeness (QED) is 0.568. The van der Waals surface area contributed by atoms with Crippen molar-refractivity contribution in [3.8, 4) is 0 Å². The zero-order valence-electron chi connectivity index (χ0n) is 11.7. The van der Waals surface area contributed by atoms with Crippen molar-refractivity contribution in [3.63, 3.8) is 0 Å². The first kappa shape index (κ1) is 14.8. The van der Waals surface area contributed by atoms with Gasteiger partial charge in [0, 0.05) is 26.0 Å². The van der Waals surface area contributed by atoms with E-state index in [1.807, 2.05) is 10.9 Å². The van der Waals surface area contributed by atoms with Crippen LogP contribution in [0.2, 0.25) is 0 Å². The van der Waals surface area contributed by atoms with E-state index < -0.39 is 0 Å². The number of alkyl halides is 1. The molecule has 1 aromatic heterocycles. The Hall–Kier alpha value is -0.610. The fourth-order valence-electron chi connectivity index (χ4n) is 2.52. The lowest BCUT2D eigenvalue weighted by Gasteiger charge is -2.21. The lowest BCUT2D eigenvalue weighted by molar-refractivity contribution is 0.0630. The third-order valence-corrected chi connectivity index (χ3v) is 4.36. The Labute approximate surface area is 120 Å². The summed E-state index contributed by atoms with van der Waals surface area (Å²) in [5, 5.41) is 8.25. The van der Waals surface area contributed by atoms with E-state index in [1.165, 1.54) is 32.1 Å². The van der Waals surface area contributed by atoms with Gasteiger partial charge in [-0.15, -0.1) is 16.7 Å². The minimum absolute atomic E-state index is 0.00371. The third-order valence-electron chi connectivity index (χ3n) is 3.83. The van der Waals surface area contributed by atoms with E-state index in [2.05, 4.69) is 17.2 Å². The Morgan fingerprint density at radius 2 is 2.21 bits per heavy atom. The smallest absolute Gasteiger partial charge is 0.100 e. The van der Waals surface area contributed by atoms with Crippen LogP contribution in [-0.2, 0) is 11.3 Å². The van der Waals surface area contributed by atoms with Crippen molar-refractivity contribution in [2.45, 2.75) is 57.4 Å². The molecule has 5 heteroatoms. The van der Waals surface area contributed by atoms with Crippen LogP contribution in [0.25, 0.3) is 0 Å². The minimum Gasteiger partial charge on any atom is -0.381 e. The van der Waals surface area contributed by atoms with Crippen molar-refractivity contribution >= 4 is 11.6 Å². The predicted molar refractivity (Wildman–Crippen MR) is 76.3 cm³/mol. The molecular weight excluding hydrogens is 262 g/mol. The molecule has 1 fully saturated rings. The molecule has 0 spiro atoms. The van der Waals surface area contributed by atoms with Gasteiger partial charge in [-0.3, -0.25) is 4.68 Å². The number of unbranched alkanes of at least 4 members (excludes halogenated alkanes) is 1. The minimum atomic E-state index is -0.00371. The predicted octanol–water partition coefficient (Wildman–Crippen LogP) is 3.56. The van der Waals surface area contributed by atoms with Crippen molar-refractivity contribution in [1.29, 1.82) is 0 Å². The maximum Gasteiger partial charge on any atom is 0.100 e. The highest BCUT2D eigenvalue weighted by atomic mass is 35.5. The Bertz CT molecular complexity index is 363. The van der Waals surface area contributed by atoms with Crippen molar-refractivity contribution in [2.75, 3.05) is 13.2 Å². The Morgan fingerprint density at radius 3 is 2.95 bits per heavy atom. The summed E-state index contributed by atoms with van der Waals surface area (Å²) in [6.07, 6.45) is 9.09. The zero-order valence-corrected chi connectivity index (χ0v) is 12.5. The third kappa shape index (κ3) is 4.77. The second-order valence-corrected chi connectivity index (χ2v) is 5.86. The van der Waals surface area contributed by atoms with E-state index >= 15 is 0 Å². The van der Waals surface area contributed by atoms with Crippen molar-refractivity contribution in [1.82, 2.24) is 15.0 Å². The molecule has 0 aromatic carbocycles. The summed E-state index contributed by atoms with van der Waals surface area (Å²) in [4.78, 5) is 0. The number of nitrogens with zero attached hydrogens (tertiary/aromatic N) is 3. The number of aryl methyl sites for hydroxylation is 1. The molecule has 0 radical (unpaired) electrons. The highest BCUT2D eigenvalue weighted by molar-refractivity contribution is 6.20. The van der Waals surface area contributed by atoms with Crippen molar-refractivity contribution in [2.24, 2.45) is 5.92 Å². The highest BCUT2D eigenvalue weighted by Gasteiger charge is 2.13. The summed E-state index contributed by atoms with van der Waals surface area (Å²) < 4.78 is 7.30. The molecule has 0 bridgehead atoms. The Balaban J connectivity index is 1.63. The van der Waals surface area contributed by atoms with Gasteiger partial charge < -0.3 is 4.74 Å². The van der Waals surface area contributed by atoms with E-state index in [4.69, 9.17) is 16.3 Å². The average Bonchev–Trinajstić information content (AvgIpc) is 2.93. The van der Waals surface area contributed by atoms with E-state index in [0.717, 1.165) is 37.8 Å². The fourth-order valence-corrected chi connectivity index (χ4v) is 2.62. The van der Waals surface area contributed by atoms with E-state index in [-0.39, 0.29) is 5.38 Å². The standard InChI is InChI=1S/C14H24ClN3O/c1-2-13(15)14-11-18(17-16-14)8-4-3-5-12-6-9-19-10-7-12/h11-13H,2-10H2,1H3. The number of aromatic nitrogens is 3. The van der Waals surface area contributed by atoms with Gasteiger partial charge in [0.05, 0.1) is 5.38 Å². The number of halogens is 1. The first-order valence-electron chi connectivity index (χ1n) is 7.41. The Kier molecular flexibility index (Phi) is 6.11. The van der Waals surface area contributed by atoms with Crippen LogP contribution in [0.5, 0.6) is 0 Å². The zero-order chi connectivity index (χ0) is 13.5. The highest BCUT2D eigenvalue weighted by Crippen LogP contribution is 2.22. The molecule has 2 rings (SSSR count). The molecule has 2 heterocycles. The first-order valence-corrected chi connectivity index (χ1v) is 7.85. The maximum atomic E-state index is 6.14. The van der Waals surface area contributed by atoms with Crippen LogP contribution in [-0.4, -0.2) is 28.2 Å². The van der Waals surface area contributed by atoms with Gasteiger partial charge in [-0.2, -0.15) is 0 Å². The van der Waals surface area contributed by atoms with E-state index in [1.54, 1.807) is 0 Å². The molecule has 1 unspecified atom stereocenters. The molecule has 1 atom stereocenters. The Morgan fingerprint density at radius 1 is 1.42 bits per heavy atom. The molecule has 0 saturated carbocycles. The number of ether oxygens (including phenoxy) is 1. The fraction of sp³-hybridized carbons (Fsp3) is 0.857. The second-order valence-electron chi connectivity index (χ2n) is 5.33. The number of hydrogen-bond donors (Lipinski definition) is 0. The van der Waals surface area contributed by atoms with Gasteiger partial charge in [0.25, 0.3) is 0 Å². The topological polar surface area (TPSA) is 39.9 Å². The van der Waals surface area contributed by atoms with Crippen LogP contribution >= 0.6 is 11.6 Å². The monoisotopic (exact) mass is 285 g/mol. The molecule has 1 aliphatic heterocycles. The molecule has 1 saturated heterocycles. The summed E-state index contributed by atoms with van der Waals surface area (Å²) in [6.45, 7) is 4.91. The maximum absolute atomic E-state index is 6.14.